The van der Waals surface area contributed by atoms with Gasteiger partial charge in [0.1, 0.15) is 5.82 Å². The molecule has 0 spiro atoms. The van der Waals surface area contributed by atoms with E-state index in [0.717, 1.165) is 11.3 Å². The lowest BCUT2D eigenvalue weighted by Crippen LogP contribution is -2.25. The predicted molar refractivity (Wildman–Crippen MR) is 66.4 cm³/mol. The van der Waals surface area contributed by atoms with Gasteiger partial charge in [-0.2, -0.15) is 12.6 Å². The molecule has 0 aromatic carbocycles. The van der Waals surface area contributed by atoms with Gasteiger partial charge in [-0.1, -0.05) is 0 Å². The lowest BCUT2D eigenvalue weighted by molar-refractivity contribution is -0.117. The number of aromatic nitrogens is 1. The number of thiol groups is 1. The summed E-state index contributed by atoms with van der Waals surface area (Å²) in [7, 11) is 0. The summed E-state index contributed by atoms with van der Waals surface area (Å²) in [5.74, 6) is 1.90. The topological polar surface area (TPSA) is 59.2 Å². The van der Waals surface area contributed by atoms with E-state index in [1.807, 2.05) is 12.1 Å². The average Bonchev–Trinajstić information content (AvgIpc) is 2.71. The second-order valence-corrected chi connectivity index (χ2v) is 4.35. The van der Waals surface area contributed by atoms with Crippen molar-refractivity contribution in [3.05, 3.63) is 23.9 Å². The van der Waals surface area contributed by atoms with Gasteiger partial charge in [-0.3, -0.25) is 9.69 Å². The summed E-state index contributed by atoms with van der Waals surface area (Å²) in [6.07, 6.45) is 2.26. The Balaban J connectivity index is 2.20. The van der Waals surface area contributed by atoms with E-state index in [9.17, 15) is 4.79 Å². The van der Waals surface area contributed by atoms with Crippen LogP contribution in [0.15, 0.2) is 18.3 Å². The number of anilines is 1. The minimum absolute atomic E-state index is 0.126. The van der Waals surface area contributed by atoms with Crippen molar-refractivity contribution in [2.24, 2.45) is 11.7 Å². The third-order valence-electron chi connectivity index (χ3n) is 2.79. The second kappa shape index (κ2) is 4.84. The zero-order valence-corrected chi connectivity index (χ0v) is 9.86. The Morgan fingerprint density at radius 3 is 3.06 bits per heavy atom. The van der Waals surface area contributed by atoms with Crippen molar-refractivity contribution < 1.29 is 4.79 Å². The number of hydrogen-bond donors (Lipinski definition) is 2. The van der Waals surface area contributed by atoms with Crippen LogP contribution in [0.25, 0.3) is 0 Å². The largest absolute Gasteiger partial charge is 0.326 e. The molecule has 2 heterocycles. The number of pyridine rings is 1. The third kappa shape index (κ3) is 2.20. The average molecular weight is 237 g/mol. The first kappa shape index (κ1) is 11.4. The van der Waals surface area contributed by atoms with E-state index < -0.39 is 0 Å². The van der Waals surface area contributed by atoms with Gasteiger partial charge in [-0.15, -0.1) is 0 Å². The number of carbonyl (C=O) groups is 1. The fourth-order valence-corrected chi connectivity index (χ4v) is 2.11. The highest BCUT2D eigenvalue weighted by molar-refractivity contribution is 7.80. The molecule has 0 saturated carbocycles. The molecule has 1 aromatic rings. The highest BCUT2D eigenvalue weighted by Gasteiger charge is 2.30. The van der Waals surface area contributed by atoms with Crippen LogP contribution in [-0.2, 0) is 11.3 Å². The third-order valence-corrected chi connectivity index (χ3v) is 3.30. The van der Waals surface area contributed by atoms with E-state index in [2.05, 4.69) is 17.6 Å². The Morgan fingerprint density at radius 1 is 1.62 bits per heavy atom. The monoisotopic (exact) mass is 237 g/mol. The van der Waals surface area contributed by atoms with Crippen molar-refractivity contribution in [1.82, 2.24) is 4.98 Å². The van der Waals surface area contributed by atoms with Gasteiger partial charge in [-0.25, -0.2) is 4.98 Å². The normalized spacial score (nSPS) is 20.5. The van der Waals surface area contributed by atoms with Crippen molar-refractivity contribution >= 4 is 24.4 Å². The van der Waals surface area contributed by atoms with Crippen molar-refractivity contribution in [3.8, 4) is 0 Å². The molecule has 5 heteroatoms. The van der Waals surface area contributed by atoms with Gasteiger partial charge in [0.2, 0.25) is 5.91 Å². The molecule has 1 amide bonds. The van der Waals surface area contributed by atoms with Crippen LogP contribution in [0.3, 0.4) is 0 Å². The Hall–Kier alpha value is -1.07. The molecule has 1 aliphatic rings. The lowest BCUT2D eigenvalue weighted by Gasteiger charge is -2.15. The van der Waals surface area contributed by atoms with Crippen LogP contribution >= 0.6 is 12.6 Å². The predicted octanol–water partition coefficient (Wildman–Crippen LogP) is 0.823. The van der Waals surface area contributed by atoms with Gasteiger partial charge < -0.3 is 5.73 Å². The van der Waals surface area contributed by atoms with E-state index in [0.29, 0.717) is 31.2 Å². The SMILES string of the molecule is NCc1ccnc(N2CC(CS)CC2=O)c1. The van der Waals surface area contributed by atoms with Gasteiger partial charge in [-0.05, 0) is 29.4 Å². The van der Waals surface area contributed by atoms with Gasteiger partial charge in [0.25, 0.3) is 0 Å². The maximum atomic E-state index is 11.8. The molecule has 1 aromatic heterocycles. The maximum absolute atomic E-state index is 11.8. The van der Waals surface area contributed by atoms with Crippen molar-refractivity contribution in [2.45, 2.75) is 13.0 Å². The molecule has 16 heavy (non-hydrogen) atoms. The number of hydrogen-bond acceptors (Lipinski definition) is 4. The van der Waals surface area contributed by atoms with Crippen LogP contribution in [0, 0.1) is 5.92 Å². The van der Waals surface area contributed by atoms with Crippen LogP contribution in [0.1, 0.15) is 12.0 Å². The standard InChI is InChI=1S/C11H15N3OS/c12-5-8-1-2-13-10(3-8)14-6-9(7-16)4-11(14)15/h1-3,9,16H,4-7,12H2. The molecular weight excluding hydrogens is 222 g/mol. The lowest BCUT2D eigenvalue weighted by atomic mass is 10.1. The van der Waals surface area contributed by atoms with E-state index in [1.165, 1.54) is 0 Å². The van der Waals surface area contributed by atoms with Crippen LogP contribution < -0.4 is 10.6 Å². The molecule has 4 nitrogen and oxygen atoms in total. The number of nitrogens with zero attached hydrogens (tertiary/aromatic N) is 2. The molecule has 2 rings (SSSR count). The molecule has 1 atom stereocenters. The number of carbonyl (C=O) groups excluding carboxylic acids is 1. The summed E-state index contributed by atoms with van der Waals surface area (Å²) in [5.41, 5.74) is 6.55. The molecule has 2 N–H and O–H groups in total. The fourth-order valence-electron chi connectivity index (χ4n) is 1.86. The molecule has 1 aliphatic heterocycles. The highest BCUT2D eigenvalue weighted by Crippen LogP contribution is 2.24. The zero-order valence-electron chi connectivity index (χ0n) is 8.97. The first-order valence-electron chi connectivity index (χ1n) is 5.31. The molecular formula is C11H15N3OS. The van der Waals surface area contributed by atoms with E-state index >= 15 is 0 Å². The fraction of sp³-hybridized carbons (Fsp3) is 0.455. The number of rotatable bonds is 3. The minimum atomic E-state index is 0.126. The zero-order chi connectivity index (χ0) is 11.5. The number of amides is 1. The minimum Gasteiger partial charge on any atom is -0.326 e. The van der Waals surface area contributed by atoms with E-state index in [1.54, 1.807) is 11.1 Å². The summed E-state index contributed by atoms with van der Waals surface area (Å²) in [6.45, 7) is 1.18. The van der Waals surface area contributed by atoms with Crippen molar-refractivity contribution in [1.29, 1.82) is 0 Å². The molecule has 0 bridgehead atoms. The van der Waals surface area contributed by atoms with Crippen LogP contribution in [0.2, 0.25) is 0 Å². The Morgan fingerprint density at radius 2 is 2.44 bits per heavy atom. The van der Waals surface area contributed by atoms with E-state index in [4.69, 9.17) is 5.73 Å². The van der Waals surface area contributed by atoms with Gasteiger partial charge in [0, 0.05) is 25.7 Å². The highest BCUT2D eigenvalue weighted by atomic mass is 32.1. The summed E-state index contributed by atoms with van der Waals surface area (Å²) in [6, 6.07) is 3.74. The number of nitrogens with two attached hydrogens (primary N) is 1. The summed E-state index contributed by atoms with van der Waals surface area (Å²) < 4.78 is 0. The molecule has 1 saturated heterocycles. The van der Waals surface area contributed by atoms with Crippen molar-refractivity contribution in [2.75, 3.05) is 17.2 Å². The first-order valence-corrected chi connectivity index (χ1v) is 5.94. The summed E-state index contributed by atoms with van der Waals surface area (Å²) in [5, 5.41) is 0. The first-order chi connectivity index (χ1) is 7.74. The van der Waals surface area contributed by atoms with Gasteiger partial charge in [0.05, 0.1) is 0 Å². The molecule has 0 radical (unpaired) electrons. The molecule has 1 fully saturated rings. The smallest absolute Gasteiger partial charge is 0.228 e. The Bertz CT molecular complexity index is 397. The van der Waals surface area contributed by atoms with Crippen LogP contribution in [-0.4, -0.2) is 23.2 Å². The van der Waals surface area contributed by atoms with Gasteiger partial charge in [0.15, 0.2) is 0 Å². The molecule has 0 aliphatic carbocycles. The Labute approximate surface area is 100 Å². The van der Waals surface area contributed by atoms with Crippen LogP contribution in [0.5, 0.6) is 0 Å². The van der Waals surface area contributed by atoms with Crippen molar-refractivity contribution in [3.63, 3.8) is 0 Å². The van der Waals surface area contributed by atoms with Crippen LogP contribution in [0.4, 0.5) is 5.82 Å². The summed E-state index contributed by atoms with van der Waals surface area (Å²) >= 11 is 4.23. The maximum Gasteiger partial charge on any atom is 0.228 e. The second-order valence-electron chi connectivity index (χ2n) is 3.98. The molecule has 86 valence electrons. The summed E-state index contributed by atoms with van der Waals surface area (Å²) in [4.78, 5) is 17.7. The Kier molecular flexibility index (Phi) is 3.46. The van der Waals surface area contributed by atoms with E-state index in [-0.39, 0.29) is 5.91 Å². The quantitative estimate of drug-likeness (QED) is 0.765. The molecule has 1 unspecified atom stereocenters. The van der Waals surface area contributed by atoms with Gasteiger partial charge >= 0.3 is 0 Å².